The maximum atomic E-state index is 11.5. The molecular weight excluding hydrogens is 254 g/mol. The van der Waals surface area contributed by atoms with Crippen LogP contribution in [0.2, 0.25) is 5.02 Å². The summed E-state index contributed by atoms with van der Waals surface area (Å²) in [6, 6.07) is 5.51. The van der Waals surface area contributed by atoms with E-state index in [9.17, 15) is 4.79 Å². The summed E-state index contributed by atoms with van der Waals surface area (Å²) in [5, 5.41) is 11.0. The summed E-state index contributed by atoms with van der Waals surface area (Å²) in [6.45, 7) is 0.316. The molecule has 18 heavy (non-hydrogen) atoms. The Bertz CT molecular complexity index is 592. The number of carbonyl (C=O) groups excluding carboxylic acids is 1. The number of aromatic nitrogens is 1. The summed E-state index contributed by atoms with van der Waals surface area (Å²) in [7, 11) is 0. The number of urea groups is 1. The fraction of sp³-hybridized carbons (Fsp3) is 0.333. The topological polar surface area (TPSA) is 67.2 Å². The van der Waals surface area contributed by atoms with Gasteiger partial charge in [0.1, 0.15) is 5.52 Å². The number of halogens is 1. The molecule has 3 rings (SSSR count). The van der Waals surface area contributed by atoms with Gasteiger partial charge in [-0.2, -0.15) is 0 Å². The lowest BCUT2D eigenvalue weighted by molar-refractivity contribution is 0.238. The van der Waals surface area contributed by atoms with Crippen molar-refractivity contribution in [2.45, 2.75) is 25.4 Å². The third-order valence-corrected chi connectivity index (χ3v) is 3.07. The van der Waals surface area contributed by atoms with Gasteiger partial charge in [-0.15, -0.1) is 0 Å². The van der Waals surface area contributed by atoms with Crippen molar-refractivity contribution >= 4 is 28.5 Å². The van der Waals surface area contributed by atoms with Crippen molar-refractivity contribution in [3.05, 3.63) is 29.0 Å². The number of amides is 2. The van der Waals surface area contributed by atoms with Crippen molar-refractivity contribution in [3.63, 3.8) is 0 Å². The van der Waals surface area contributed by atoms with Crippen LogP contribution in [0.25, 0.3) is 10.9 Å². The molecule has 2 amide bonds. The summed E-state index contributed by atoms with van der Waals surface area (Å²) in [6.07, 6.45) is 2.13. The van der Waals surface area contributed by atoms with E-state index in [2.05, 4.69) is 15.8 Å². The molecule has 0 bridgehead atoms. The van der Waals surface area contributed by atoms with E-state index in [4.69, 9.17) is 16.1 Å². The first-order valence-electron chi connectivity index (χ1n) is 5.80. The highest BCUT2D eigenvalue weighted by molar-refractivity contribution is 6.31. The maximum Gasteiger partial charge on any atom is 0.315 e. The minimum absolute atomic E-state index is 0.170. The standard InChI is InChI=1S/C12H12ClN3O2/c13-7-1-4-9-10(5-7)16-18-11(9)6-14-12(17)15-8-2-3-8/h1,4-5,8H,2-3,6H2,(H2,14,15,17). The molecule has 1 aromatic heterocycles. The van der Waals surface area contributed by atoms with Crippen molar-refractivity contribution in [2.75, 3.05) is 0 Å². The summed E-state index contributed by atoms with van der Waals surface area (Å²) < 4.78 is 5.19. The second kappa shape index (κ2) is 4.49. The molecule has 1 aromatic carbocycles. The van der Waals surface area contributed by atoms with Gasteiger partial charge >= 0.3 is 6.03 Å². The van der Waals surface area contributed by atoms with Gasteiger partial charge in [0.2, 0.25) is 0 Å². The molecule has 0 saturated heterocycles. The quantitative estimate of drug-likeness (QED) is 0.896. The first-order valence-corrected chi connectivity index (χ1v) is 6.18. The van der Waals surface area contributed by atoms with E-state index in [1.807, 2.05) is 6.07 Å². The average molecular weight is 266 g/mol. The van der Waals surface area contributed by atoms with Gasteiger partial charge in [0.05, 0.1) is 6.54 Å². The van der Waals surface area contributed by atoms with E-state index < -0.39 is 0 Å². The predicted octanol–water partition coefficient (Wildman–Crippen LogP) is 2.44. The second-order valence-electron chi connectivity index (χ2n) is 4.37. The van der Waals surface area contributed by atoms with E-state index in [1.165, 1.54) is 0 Å². The third-order valence-electron chi connectivity index (χ3n) is 2.84. The Morgan fingerprint density at radius 3 is 3.11 bits per heavy atom. The van der Waals surface area contributed by atoms with Gasteiger partial charge < -0.3 is 15.2 Å². The highest BCUT2D eigenvalue weighted by atomic mass is 35.5. The number of rotatable bonds is 3. The van der Waals surface area contributed by atoms with Crippen LogP contribution in [0.1, 0.15) is 18.6 Å². The SMILES string of the molecule is O=C(NCc1onc2cc(Cl)ccc12)NC1CC1. The van der Waals surface area contributed by atoms with Crippen LogP contribution >= 0.6 is 11.6 Å². The third kappa shape index (κ3) is 2.41. The molecule has 1 aliphatic carbocycles. The van der Waals surface area contributed by atoms with Gasteiger partial charge in [0.15, 0.2) is 5.76 Å². The van der Waals surface area contributed by atoms with Gasteiger partial charge in [-0.05, 0) is 31.0 Å². The first-order chi connectivity index (χ1) is 8.72. The van der Waals surface area contributed by atoms with E-state index in [1.54, 1.807) is 12.1 Å². The van der Waals surface area contributed by atoms with E-state index in [0.717, 1.165) is 18.2 Å². The lowest BCUT2D eigenvalue weighted by Gasteiger charge is -2.04. The Labute approximate surface area is 108 Å². The zero-order valence-electron chi connectivity index (χ0n) is 9.57. The molecule has 5 nitrogen and oxygen atoms in total. The number of hydrogen-bond donors (Lipinski definition) is 2. The zero-order chi connectivity index (χ0) is 12.5. The molecular formula is C12H12ClN3O2. The smallest absolute Gasteiger partial charge is 0.315 e. The van der Waals surface area contributed by atoms with Crippen LogP contribution in [0, 0.1) is 0 Å². The largest absolute Gasteiger partial charge is 0.358 e. The lowest BCUT2D eigenvalue weighted by atomic mass is 10.2. The first kappa shape index (κ1) is 11.3. The molecule has 0 unspecified atom stereocenters. The number of nitrogens with zero attached hydrogens (tertiary/aromatic N) is 1. The van der Waals surface area contributed by atoms with Crippen LogP contribution in [-0.2, 0) is 6.54 Å². The van der Waals surface area contributed by atoms with Crippen molar-refractivity contribution in [1.82, 2.24) is 15.8 Å². The van der Waals surface area contributed by atoms with Crippen LogP contribution in [0.5, 0.6) is 0 Å². The summed E-state index contributed by atoms with van der Waals surface area (Å²) >= 11 is 5.86. The normalized spacial score (nSPS) is 14.7. The van der Waals surface area contributed by atoms with E-state index in [-0.39, 0.29) is 6.03 Å². The van der Waals surface area contributed by atoms with Crippen LogP contribution in [0.4, 0.5) is 4.79 Å². The van der Waals surface area contributed by atoms with Gasteiger partial charge in [0.25, 0.3) is 0 Å². The Hall–Kier alpha value is -1.75. The molecule has 0 atom stereocenters. The van der Waals surface area contributed by atoms with Crippen LogP contribution in [0.15, 0.2) is 22.7 Å². The number of nitrogens with one attached hydrogen (secondary N) is 2. The summed E-state index contributed by atoms with van der Waals surface area (Å²) in [4.78, 5) is 11.5. The van der Waals surface area contributed by atoms with Crippen LogP contribution in [-0.4, -0.2) is 17.2 Å². The highest BCUT2D eigenvalue weighted by Crippen LogP contribution is 2.22. The Morgan fingerprint density at radius 2 is 2.33 bits per heavy atom. The molecule has 1 heterocycles. The van der Waals surface area contributed by atoms with Gasteiger partial charge in [-0.25, -0.2) is 4.79 Å². The summed E-state index contributed by atoms with van der Waals surface area (Å²) in [5.41, 5.74) is 0.696. The molecule has 2 aromatic rings. The van der Waals surface area contributed by atoms with Crippen molar-refractivity contribution in [3.8, 4) is 0 Å². The van der Waals surface area contributed by atoms with Gasteiger partial charge in [-0.3, -0.25) is 0 Å². The Morgan fingerprint density at radius 1 is 1.50 bits per heavy atom. The summed E-state index contributed by atoms with van der Waals surface area (Å²) in [5.74, 6) is 0.632. The maximum absolute atomic E-state index is 11.5. The molecule has 1 saturated carbocycles. The molecule has 1 aliphatic rings. The molecule has 6 heteroatoms. The van der Waals surface area contributed by atoms with Crippen LogP contribution in [0.3, 0.4) is 0 Å². The lowest BCUT2D eigenvalue weighted by Crippen LogP contribution is -2.36. The fourth-order valence-electron chi connectivity index (χ4n) is 1.72. The molecule has 0 radical (unpaired) electrons. The predicted molar refractivity (Wildman–Crippen MR) is 67.4 cm³/mol. The molecule has 1 fully saturated rings. The van der Waals surface area contributed by atoms with Crippen molar-refractivity contribution in [2.24, 2.45) is 0 Å². The highest BCUT2D eigenvalue weighted by Gasteiger charge is 2.23. The van der Waals surface area contributed by atoms with Crippen molar-refractivity contribution in [1.29, 1.82) is 0 Å². The second-order valence-corrected chi connectivity index (χ2v) is 4.80. The Balaban J connectivity index is 1.68. The zero-order valence-corrected chi connectivity index (χ0v) is 10.3. The monoisotopic (exact) mass is 265 g/mol. The molecule has 0 aliphatic heterocycles. The number of carbonyl (C=O) groups is 1. The van der Waals surface area contributed by atoms with Crippen molar-refractivity contribution < 1.29 is 9.32 Å². The average Bonchev–Trinajstić information content (AvgIpc) is 3.06. The minimum Gasteiger partial charge on any atom is -0.358 e. The Kier molecular flexibility index (Phi) is 2.83. The number of hydrogen-bond acceptors (Lipinski definition) is 3. The minimum atomic E-state index is -0.170. The molecule has 2 N–H and O–H groups in total. The molecule has 0 spiro atoms. The molecule has 94 valence electrons. The van der Waals surface area contributed by atoms with E-state index in [0.29, 0.717) is 28.9 Å². The fourth-order valence-corrected chi connectivity index (χ4v) is 1.89. The van der Waals surface area contributed by atoms with Gasteiger partial charge in [0, 0.05) is 16.5 Å². The number of benzene rings is 1. The number of fused-ring (bicyclic) bond motifs is 1. The van der Waals surface area contributed by atoms with E-state index >= 15 is 0 Å². The van der Waals surface area contributed by atoms with Crippen LogP contribution < -0.4 is 10.6 Å². The van der Waals surface area contributed by atoms with Gasteiger partial charge in [-0.1, -0.05) is 16.8 Å².